The first-order valence-electron chi connectivity index (χ1n) is 9.15. The summed E-state index contributed by atoms with van der Waals surface area (Å²) in [6.07, 6.45) is 1.44. The van der Waals surface area contributed by atoms with Gasteiger partial charge in [0.2, 0.25) is 0 Å². The van der Waals surface area contributed by atoms with Crippen LogP contribution < -0.4 is 15.5 Å². The largest absolute Gasteiger partial charge is 0.504 e. The maximum absolute atomic E-state index is 12.4. The van der Waals surface area contributed by atoms with Gasteiger partial charge in [0.15, 0.2) is 11.5 Å². The highest BCUT2D eigenvalue weighted by Crippen LogP contribution is 2.25. The van der Waals surface area contributed by atoms with Crippen LogP contribution in [0.2, 0.25) is 0 Å². The fraction of sp³-hybridized carbons (Fsp3) is 0.0870. The van der Waals surface area contributed by atoms with Crippen molar-refractivity contribution in [1.82, 2.24) is 5.43 Å². The van der Waals surface area contributed by atoms with Crippen LogP contribution >= 0.6 is 0 Å². The summed E-state index contributed by atoms with van der Waals surface area (Å²) in [5, 5.41) is 16.3. The molecule has 7 heteroatoms. The van der Waals surface area contributed by atoms with E-state index in [0.29, 0.717) is 28.1 Å². The molecule has 3 rings (SSSR count). The summed E-state index contributed by atoms with van der Waals surface area (Å²) in [5.41, 5.74) is 5.54. The highest BCUT2D eigenvalue weighted by atomic mass is 16.5. The predicted molar refractivity (Wildman–Crippen MR) is 115 cm³/mol. The minimum absolute atomic E-state index is 0.0216. The van der Waals surface area contributed by atoms with Crippen LogP contribution in [-0.4, -0.2) is 30.2 Å². The Bertz CT molecular complexity index is 1090. The number of phenols is 1. The van der Waals surface area contributed by atoms with Gasteiger partial charge in [-0.15, -0.1) is 0 Å². The number of ether oxygens (including phenoxy) is 1. The van der Waals surface area contributed by atoms with Gasteiger partial charge in [-0.2, -0.15) is 5.10 Å². The zero-order valence-corrected chi connectivity index (χ0v) is 16.5. The summed E-state index contributed by atoms with van der Waals surface area (Å²) in [6.45, 7) is 1.87. The lowest BCUT2D eigenvalue weighted by Gasteiger charge is -2.08. The predicted octanol–water partition coefficient (Wildman–Crippen LogP) is 3.73. The van der Waals surface area contributed by atoms with E-state index in [-0.39, 0.29) is 11.7 Å². The van der Waals surface area contributed by atoms with Gasteiger partial charge in [-0.05, 0) is 66.6 Å². The number of hydrazone groups is 1. The molecule has 152 valence electrons. The first-order chi connectivity index (χ1) is 14.5. The van der Waals surface area contributed by atoms with Crippen LogP contribution in [0.4, 0.5) is 5.69 Å². The number of aromatic hydroxyl groups is 1. The topological polar surface area (TPSA) is 100 Å². The fourth-order valence-electron chi connectivity index (χ4n) is 2.74. The van der Waals surface area contributed by atoms with E-state index >= 15 is 0 Å². The van der Waals surface area contributed by atoms with Crippen molar-refractivity contribution >= 4 is 23.7 Å². The van der Waals surface area contributed by atoms with Gasteiger partial charge < -0.3 is 15.2 Å². The molecule has 0 bridgehead atoms. The number of amides is 2. The van der Waals surface area contributed by atoms with E-state index in [4.69, 9.17) is 4.74 Å². The second kappa shape index (κ2) is 9.38. The molecule has 0 aliphatic rings. The summed E-state index contributed by atoms with van der Waals surface area (Å²) < 4.78 is 5.03. The van der Waals surface area contributed by atoms with Gasteiger partial charge in [-0.3, -0.25) is 9.59 Å². The zero-order valence-electron chi connectivity index (χ0n) is 16.5. The lowest BCUT2D eigenvalue weighted by atomic mass is 10.1. The van der Waals surface area contributed by atoms with E-state index < -0.39 is 5.91 Å². The number of anilines is 1. The Balaban J connectivity index is 1.60. The normalized spacial score (nSPS) is 10.6. The molecule has 3 N–H and O–H groups in total. The third kappa shape index (κ3) is 5.02. The van der Waals surface area contributed by atoms with E-state index in [9.17, 15) is 14.7 Å². The number of hydrogen-bond acceptors (Lipinski definition) is 5. The molecular weight excluding hydrogens is 382 g/mol. The minimum atomic E-state index is -0.395. The van der Waals surface area contributed by atoms with Gasteiger partial charge in [0.25, 0.3) is 11.8 Å². The Morgan fingerprint density at radius 3 is 2.43 bits per heavy atom. The summed E-state index contributed by atoms with van der Waals surface area (Å²) in [4.78, 5) is 24.6. The van der Waals surface area contributed by atoms with Gasteiger partial charge in [-0.25, -0.2) is 5.43 Å². The average Bonchev–Trinajstić information content (AvgIpc) is 2.75. The van der Waals surface area contributed by atoms with E-state index in [0.717, 1.165) is 5.56 Å². The third-order valence-electron chi connectivity index (χ3n) is 4.38. The number of benzene rings is 3. The summed E-state index contributed by atoms with van der Waals surface area (Å²) in [5.74, 6) is -0.269. The Morgan fingerprint density at radius 2 is 1.73 bits per heavy atom. The number of phenolic OH excluding ortho intramolecular Hbond substituents is 1. The summed E-state index contributed by atoms with van der Waals surface area (Å²) >= 11 is 0. The molecule has 0 fully saturated rings. The number of nitrogens with one attached hydrogen (secondary N) is 2. The van der Waals surface area contributed by atoms with Crippen LogP contribution in [0.5, 0.6) is 11.5 Å². The highest BCUT2D eigenvalue weighted by molar-refractivity contribution is 6.05. The fourth-order valence-corrected chi connectivity index (χ4v) is 2.74. The minimum Gasteiger partial charge on any atom is -0.504 e. The van der Waals surface area contributed by atoms with Crippen LogP contribution in [0.1, 0.15) is 31.8 Å². The number of carbonyl (C=O) groups excluding carboxylic acids is 2. The van der Waals surface area contributed by atoms with E-state index in [1.807, 2.05) is 25.1 Å². The van der Waals surface area contributed by atoms with Crippen molar-refractivity contribution in [1.29, 1.82) is 0 Å². The lowest BCUT2D eigenvalue weighted by molar-refractivity contribution is 0.0954. The Labute approximate surface area is 174 Å². The van der Waals surface area contributed by atoms with E-state index in [2.05, 4.69) is 15.8 Å². The molecule has 3 aromatic carbocycles. The molecule has 2 amide bonds. The number of carbonyl (C=O) groups is 2. The molecule has 0 heterocycles. The monoisotopic (exact) mass is 403 g/mol. The lowest BCUT2D eigenvalue weighted by Crippen LogP contribution is -2.18. The quantitative estimate of drug-likeness (QED) is 0.431. The molecule has 0 unspecified atom stereocenters. The second-order valence-electron chi connectivity index (χ2n) is 6.48. The average molecular weight is 403 g/mol. The molecular formula is C23H21N3O4. The van der Waals surface area contributed by atoms with Crippen molar-refractivity contribution in [3.05, 3.63) is 89.0 Å². The molecule has 0 saturated carbocycles. The maximum Gasteiger partial charge on any atom is 0.271 e. The molecule has 0 spiro atoms. The van der Waals surface area contributed by atoms with Gasteiger partial charge in [0.05, 0.1) is 13.3 Å². The SMILES string of the molecule is COc1cc(/C=N/NC(=O)c2ccc(NC(=O)c3ccccc3C)cc2)ccc1O. The second-order valence-corrected chi connectivity index (χ2v) is 6.48. The van der Waals surface area contributed by atoms with Crippen molar-refractivity contribution in [3.8, 4) is 11.5 Å². The first kappa shape index (κ1) is 20.6. The molecule has 7 nitrogen and oxygen atoms in total. The molecule has 3 aromatic rings. The third-order valence-corrected chi connectivity index (χ3v) is 4.38. The van der Waals surface area contributed by atoms with Gasteiger partial charge in [0, 0.05) is 16.8 Å². The zero-order chi connectivity index (χ0) is 21.5. The molecule has 0 atom stereocenters. The van der Waals surface area contributed by atoms with Crippen molar-refractivity contribution in [2.45, 2.75) is 6.92 Å². The van der Waals surface area contributed by atoms with Gasteiger partial charge in [0.1, 0.15) is 0 Å². The van der Waals surface area contributed by atoms with Crippen LogP contribution in [0.25, 0.3) is 0 Å². The number of methoxy groups -OCH3 is 1. The van der Waals surface area contributed by atoms with Crippen molar-refractivity contribution in [2.75, 3.05) is 12.4 Å². The van der Waals surface area contributed by atoms with Crippen LogP contribution in [-0.2, 0) is 0 Å². The highest BCUT2D eigenvalue weighted by Gasteiger charge is 2.09. The number of aryl methyl sites for hydroxylation is 1. The van der Waals surface area contributed by atoms with Crippen molar-refractivity contribution in [2.24, 2.45) is 5.10 Å². The number of nitrogens with zero attached hydrogens (tertiary/aromatic N) is 1. The van der Waals surface area contributed by atoms with E-state index in [1.165, 1.54) is 19.4 Å². The van der Waals surface area contributed by atoms with Crippen LogP contribution in [0, 0.1) is 6.92 Å². The molecule has 0 saturated heterocycles. The Morgan fingerprint density at radius 1 is 1.00 bits per heavy atom. The Hall–Kier alpha value is -4.13. The van der Waals surface area contributed by atoms with Crippen molar-refractivity contribution < 1.29 is 19.4 Å². The van der Waals surface area contributed by atoms with Crippen LogP contribution in [0.3, 0.4) is 0 Å². The standard InChI is InChI=1S/C23H21N3O4/c1-15-5-3-4-6-19(15)23(29)25-18-10-8-17(9-11-18)22(28)26-24-14-16-7-12-20(27)21(13-16)30-2/h3-14,27H,1-2H3,(H,25,29)(H,26,28)/b24-14+. The molecule has 0 radical (unpaired) electrons. The van der Waals surface area contributed by atoms with Gasteiger partial charge >= 0.3 is 0 Å². The molecule has 0 aliphatic heterocycles. The Kier molecular flexibility index (Phi) is 6.44. The smallest absolute Gasteiger partial charge is 0.271 e. The number of hydrogen-bond donors (Lipinski definition) is 3. The summed E-state index contributed by atoms with van der Waals surface area (Å²) in [7, 11) is 1.45. The van der Waals surface area contributed by atoms with Gasteiger partial charge in [-0.1, -0.05) is 18.2 Å². The molecule has 30 heavy (non-hydrogen) atoms. The maximum atomic E-state index is 12.4. The first-order valence-corrected chi connectivity index (χ1v) is 9.15. The van der Waals surface area contributed by atoms with E-state index in [1.54, 1.807) is 42.5 Å². The molecule has 0 aromatic heterocycles. The summed E-state index contributed by atoms with van der Waals surface area (Å²) in [6, 6.07) is 18.5. The van der Waals surface area contributed by atoms with Crippen LogP contribution in [0.15, 0.2) is 71.8 Å². The molecule has 0 aliphatic carbocycles. The van der Waals surface area contributed by atoms with Crippen molar-refractivity contribution in [3.63, 3.8) is 0 Å². The number of rotatable bonds is 6.